The lowest BCUT2D eigenvalue weighted by Crippen LogP contribution is -2.12. The summed E-state index contributed by atoms with van der Waals surface area (Å²) in [6.07, 6.45) is 1.29. The van der Waals surface area contributed by atoms with Crippen LogP contribution in [0, 0.1) is 0 Å². The molecular formula is C16H10Br2N2O3. The summed E-state index contributed by atoms with van der Waals surface area (Å²) in [6, 6.07) is 10.2. The Morgan fingerprint density at radius 2 is 1.83 bits per heavy atom. The number of aliphatic hydroxyl groups is 1. The number of hydrogen-bond acceptors (Lipinski definition) is 4. The Labute approximate surface area is 147 Å². The number of aromatic nitrogens is 2. The highest BCUT2D eigenvalue weighted by molar-refractivity contribution is 9.11. The zero-order valence-corrected chi connectivity index (χ0v) is 14.7. The van der Waals surface area contributed by atoms with Gasteiger partial charge in [-0.25, -0.2) is 4.98 Å². The van der Waals surface area contributed by atoms with Crippen molar-refractivity contribution < 1.29 is 10.2 Å². The van der Waals surface area contributed by atoms with Crippen LogP contribution in [0.2, 0.25) is 0 Å². The Morgan fingerprint density at radius 3 is 2.52 bits per heavy atom. The lowest BCUT2D eigenvalue weighted by atomic mass is 10.1. The first-order chi connectivity index (χ1) is 11.0. The van der Waals surface area contributed by atoms with Gasteiger partial charge in [0.15, 0.2) is 0 Å². The summed E-state index contributed by atoms with van der Waals surface area (Å²) in [5.41, 5.74) is 1.38. The van der Waals surface area contributed by atoms with E-state index in [-0.39, 0.29) is 17.2 Å². The van der Waals surface area contributed by atoms with Crippen LogP contribution in [-0.2, 0) is 0 Å². The summed E-state index contributed by atoms with van der Waals surface area (Å²) in [5.74, 6) is -0.108. The molecule has 0 spiro atoms. The molecule has 1 aromatic heterocycles. The quantitative estimate of drug-likeness (QED) is 0.524. The number of nitrogens with zero attached hydrogens (tertiary/aromatic N) is 1. The molecule has 0 saturated carbocycles. The van der Waals surface area contributed by atoms with E-state index >= 15 is 0 Å². The summed E-state index contributed by atoms with van der Waals surface area (Å²) >= 11 is 6.39. The van der Waals surface area contributed by atoms with Crippen LogP contribution in [0.1, 0.15) is 11.3 Å². The van der Waals surface area contributed by atoms with Crippen molar-refractivity contribution in [1.82, 2.24) is 9.97 Å². The molecule has 116 valence electrons. The largest absolute Gasteiger partial charge is 0.507 e. The maximum absolute atomic E-state index is 12.1. The minimum absolute atomic E-state index is 0.0308. The van der Waals surface area contributed by atoms with Gasteiger partial charge >= 0.3 is 0 Å². The molecule has 0 amide bonds. The highest BCUT2D eigenvalue weighted by atomic mass is 79.9. The van der Waals surface area contributed by atoms with Gasteiger partial charge in [-0.15, -0.1) is 0 Å². The fourth-order valence-corrected chi connectivity index (χ4v) is 3.25. The number of hydrogen-bond donors (Lipinski definition) is 3. The number of fused-ring (bicyclic) bond motifs is 1. The number of nitrogens with one attached hydrogen (secondary N) is 1. The molecule has 0 saturated heterocycles. The highest BCUT2D eigenvalue weighted by Gasteiger charge is 2.10. The first-order valence-corrected chi connectivity index (χ1v) is 8.12. The van der Waals surface area contributed by atoms with E-state index in [2.05, 4.69) is 41.8 Å². The number of H-pyrrole nitrogens is 1. The molecule has 0 bridgehead atoms. The average molecular weight is 438 g/mol. The Hall–Kier alpha value is -2.12. The molecule has 0 aliphatic rings. The van der Waals surface area contributed by atoms with Gasteiger partial charge in [0.2, 0.25) is 0 Å². The van der Waals surface area contributed by atoms with Crippen LogP contribution < -0.4 is 5.56 Å². The molecule has 0 aliphatic heterocycles. The number of phenols is 1. The van der Waals surface area contributed by atoms with E-state index in [1.54, 1.807) is 30.3 Å². The van der Waals surface area contributed by atoms with Crippen molar-refractivity contribution in [2.75, 3.05) is 0 Å². The number of benzene rings is 2. The molecule has 1 heterocycles. The number of halogens is 2. The Morgan fingerprint density at radius 1 is 1.17 bits per heavy atom. The van der Waals surface area contributed by atoms with Gasteiger partial charge < -0.3 is 15.2 Å². The number of aromatic amines is 1. The molecule has 0 aliphatic carbocycles. The normalized spacial score (nSPS) is 11.8. The predicted molar refractivity (Wildman–Crippen MR) is 96.4 cm³/mol. The number of aliphatic hydroxyl groups excluding tert-OH is 1. The summed E-state index contributed by atoms with van der Waals surface area (Å²) in [7, 11) is 0. The summed E-state index contributed by atoms with van der Waals surface area (Å²) in [5, 5.41) is 20.0. The van der Waals surface area contributed by atoms with Crippen LogP contribution in [0.15, 0.2) is 50.1 Å². The lowest BCUT2D eigenvalue weighted by Gasteiger charge is -2.05. The third-order valence-corrected chi connectivity index (χ3v) is 4.42. The summed E-state index contributed by atoms with van der Waals surface area (Å²) in [6.45, 7) is 0. The van der Waals surface area contributed by atoms with Gasteiger partial charge in [-0.05, 0) is 56.1 Å². The lowest BCUT2D eigenvalue weighted by molar-refractivity contribution is 0.468. The zero-order valence-electron chi connectivity index (χ0n) is 11.5. The first kappa shape index (κ1) is 15.8. The van der Waals surface area contributed by atoms with Gasteiger partial charge in [-0.3, -0.25) is 4.79 Å². The van der Waals surface area contributed by atoms with E-state index in [0.29, 0.717) is 25.5 Å². The molecule has 0 radical (unpaired) electrons. The van der Waals surface area contributed by atoms with Crippen LogP contribution in [0.5, 0.6) is 5.75 Å². The van der Waals surface area contributed by atoms with E-state index in [9.17, 15) is 15.0 Å². The second-order valence-corrected chi connectivity index (χ2v) is 6.50. The molecule has 7 heteroatoms. The van der Waals surface area contributed by atoms with Gasteiger partial charge in [0.1, 0.15) is 17.2 Å². The van der Waals surface area contributed by atoms with Crippen LogP contribution in [-0.4, -0.2) is 20.2 Å². The second kappa shape index (κ2) is 6.17. The molecule has 3 rings (SSSR count). The maximum Gasteiger partial charge on any atom is 0.274 e. The monoisotopic (exact) mass is 436 g/mol. The molecule has 5 nitrogen and oxygen atoms in total. The topological polar surface area (TPSA) is 86.2 Å². The van der Waals surface area contributed by atoms with Gasteiger partial charge in [0.25, 0.3) is 5.56 Å². The van der Waals surface area contributed by atoms with Crippen LogP contribution >= 0.6 is 31.9 Å². The van der Waals surface area contributed by atoms with Crippen molar-refractivity contribution in [3.8, 4) is 5.75 Å². The summed E-state index contributed by atoms with van der Waals surface area (Å²) in [4.78, 5) is 19.0. The van der Waals surface area contributed by atoms with E-state index in [0.717, 1.165) is 0 Å². The fraction of sp³-hybridized carbons (Fsp3) is 0. The number of rotatable bonds is 2. The molecule has 23 heavy (non-hydrogen) atoms. The third kappa shape index (κ3) is 3.16. The van der Waals surface area contributed by atoms with E-state index < -0.39 is 5.56 Å². The SMILES string of the molecule is O=c1[nH]c2ccccc2nc1/C=C(\O)c1cc(Br)c(O)c(Br)c1. The third-order valence-electron chi connectivity index (χ3n) is 3.21. The molecule has 0 unspecified atom stereocenters. The predicted octanol–water partition coefficient (Wildman–Crippen LogP) is 4.21. The van der Waals surface area contributed by atoms with E-state index in [4.69, 9.17) is 0 Å². The van der Waals surface area contributed by atoms with Crippen molar-refractivity contribution in [1.29, 1.82) is 0 Å². The fourth-order valence-electron chi connectivity index (χ4n) is 2.07. The van der Waals surface area contributed by atoms with Crippen molar-refractivity contribution in [2.45, 2.75) is 0 Å². The van der Waals surface area contributed by atoms with Gasteiger partial charge in [0, 0.05) is 11.6 Å². The smallest absolute Gasteiger partial charge is 0.274 e. The van der Waals surface area contributed by atoms with Gasteiger partial charge in [-0.2, -0.15) is 0 Å². The zero-order chi connectivity index (χ0) is 16.6. The summed E-state index contributed by atoms with van der Waals surface area (Å²) < 4.78 is 0.837. The molecular weight excluding hydrogens is 428 g/mol. The first-order valence-electron chi connectivity index (χ1n) is 6.54. The number of para-hydroxylation sites is 2. The van der Waals surface area contributed by atoms with E-state index in [1.807, 2.05) is 6.07 Å². The molecule has 3 aromatic rings. The Kier molecular flexibility index (Phi) is 4.23. The minimum atomic E-state index is -0.396. The average Bonchev–Trinajstić information content (AvgIpc) is 2.52. The highest BCUT2D eigenvalue weighted by Crippen LogP contribution is 2.35. The standard InChI is InChI=1S/C16H10Br2N2O3/c17-9-5-8(6-10(18)15(9)22)14(21)7-13-16(23)20-12-4-2-1-3-11(12)19-13/h1-7,21-22H,(H,20,23)/b14-7-. The van der Waals surface area contributed by atoms with Crippen LogP contribution in [0.4, 0.5) is 0 Å². The number of aromatic hydroxyl groups is 1. The minimum Gasteiger partial charge on any atom is -0.507 e. The van der Waals surface area contributed by atoms with Gasteiger partial charge in [-0.1, -0.05) is 12.1 Å². The van der Waals surface area contributed by atoms with Crippen LogP contribution in [0.25, 0.3) is 22.9 Å². The Bertz CT molecular complexity index is 973. The van der Waals surface area contributed by atoms with Crippen molar-refractivity contribution in [3.63, 3.8) is 0 Å². The molecule has 2 aromatic carbocycles. The molecule has 0 fully saturated rings. The van der Waals surface area contributed by atoms with E-state index in [1.165, 1.54) is 6.08 Å². The van der Waals surface area contributed by atoms with Crippen molar-refractivity contribution in [2.24, 2.45) is 0 Å². The van der Waals surface area contributed by atoms with Crippen molar-refractivity contribution >= 4 is 54.7 Å². The molecule has 3 N–H and O–H groups in total. The van der Waals surface area contributed by atoms with Gasteiger partial charge in [0.05, 0.1) is 20.0 Å². The number of phenolic OH excluding ortho intramolecular Hbond substituents is 1. The van der Waals surface area contributed by atoms with Crippen molar-refractivity contribution in [3.05, 3.63) is 67.0 Å². The maximum atomic E-state index is 12.1. The molecule has 0 atom stereocenters. The van der Waals surface area contributed by atoms with Crippen LogP contribution in [0.3, 0.4) is 0 Å². The second-order valence-electron chi connectivity index (χ2n) is 4.79. The Balaban J connectivity index is 2.11.